The largest absolute Gasteiger partial charge is 0.379 e. The Labute approximate surface area is 349 Å². The molecule has 2 aromatic carbocycles. The molecule has 15 heteroatoms. The third-order valence-electron chi connectivity index (χ3n) is 10.9. The number of pyridine rings is 2. The number of rotatable bonds is 20. The molecule has 0 unspecified atom stereocenters. The molecular weight excluding hydrogens is 786 g/mol. The van der Waals surface area contributed by atoms with Crippen molar-refractivity contribution in [1.29, 1.82) is 0 Å². The first-order valence-corrected chi connectivity index (χ1v) is 24.3. The fourth-order valence-corrected chi connectivity index (χ4v) is 11.1. The molecule has 0 bridgehead atoms. The summed E-state index contributed by atoms with van der Waals surface area (Å²) in [6.07, 6.45) is 2.24. The van der Waals surface area contributed by atoms with Crippen molar-refractivity contribution in [3.8, 4) is 11.1 Å². The van der Waals surface area contributed by atoms with Crippen LogP contribution in [0.1, 0.15) is 77.5 Å². The van der Waals surface area contributed by atoms with Gasteiger partial charge in [0.1, 0.15) is 5.69 Å². The Balaban J connectivity index is 1.06. The van der Waals surface area contributed by atoms with Crippen molar-refractivity contribution in [3.05, 3.63) is 106 Å². The Morgan fingerprint density at radius 1 is 0.661 bits per heavy atom. The van der Waals surface area contributed by atoms with Crippen LogP contribution in [0.2, 0.25) is 0 Å². The van der Waals surface area contributed by atoms with Gasteiger partial charge in [0, 0.05) is 74.9 Å². The summed E-state index contributed by atoms with van der Waals surface area (Å²) in [6.45, 7) is 17.7. The summed E-state index contributed by atoms with van der Waals surface area (Å²) in [5.74, 6) is -0.254. The first-order valence-electron chi connectivity index (χ1n) is 20.9. The van der Waals surface area contributed by atoms with E-state index >= 15 is 0 Å². The topological polar surface area (TPSA) is 144 Å². The molecule has 13 nitrogen and oxygen atoms in total. The Morgan fingerprint density at radius 2 is 1.15 bits per heavy atom. The van der Waals surface area contributed by atoms with E-state index in [1.54, 1.807) is 6.07 Å². The molecule has 0 spiro atoms. The fourth-order valence-electron chi connectivity index (χ4n) is 7.80. The Kier molecular flexibility index (Phi) is 15.7. The van der Waals surface area contributed by atoms with Crippen LogP contribution in [-0.2, 0) is 59.7 Å². The van der Waals surface area contributed by atoms with Crippen LogP contribution in [0.25, 0.3) is 11.1 Å². The maximum atomic E-state index is 13.6. The van der Waals surface area contributed by atoms with Gasteiger partial charge in [0.15, 0.2) is 0 Å². The number of aromatic nitrogens is 2. The van der Waals surface area contributed by atoms with E-state index in [2.05, 4.69) is 63.8 Å². The maximum Gasteiger partial charge on any atom is 0.331 e. The molecule has 1 amide bonds. The number of carbonyl (C=O) groups excluding carboxylic acids is 1. The monoisotopic (exact) mass is 846 g/mol. The predicted octanol–water partition coefficient (Wildman–Crippen LogP) is 8.87. The van der Waals surface area contributed by atoms with E-state index in [1.165, 1.54) is 5.56 Å². The molecule has 2 aliphatic rings. The Morgan fingerprint density at radius 3 is 1.69 bits per heavy atom. The number of hydrogen-bond acceptors (Lipinski definition) is 12. The Bertz CT molecular complexity index is 2170. The third-order valence-corrected chi connectivity index (χ3v) is 15.0. The quantitative estimate of drug-likeness (QED) is 0.0820. The summed E-state index contributed by atoms with van der Waals surface area (Å²) in [6, 6.07) is 20.2. The van der Waals surface area contributed by atoms with Crippen LogP contribution in [0.4, 0.5) is 11.4 Å². The second kappa shape index (κ2) is 20.7. The van der Waals surface area contributed by atoms with Crippen molar-refractivity contribution in [2.24, 2.45) is 0 Å². The Hall–Kier alpha value is -3.77. The lowest BCUT2D eigenvalue weighted by molar-refractivity contribution is 0.102. The second-order valence-electron chi connectivity index (χ2n) is 14.9. The highest BCUT2D eigenvalue weighted by Crippen LogP contribution is 2.48. The lowest BCUT2D eigenvalue weighted by Crippen LogP contribution is -2.34. The molecule has 0 fully saturated rings. The summed E-state index contributed by atoms with van der Waals surface area (Å²) < 4.78 is 47.8. The highest BCUT2D eigenvalue weighted by molar-refractivity contribution is 7.54. The molecule has 59 heavy (non-hydrogen) atoms. The fraction of sp³-hybridized carbons (Fsp3) is 0.477. The minimum atomic E-state index is -3.11. The standard InChI is InChI=1S/C44H60N6O7P2/c1-7-54-58(52,55-8-2)27-25-49-23-21-41-34(30-49)17-19-36(46-41)29-45-39-15-11-13-37(32(39)5)38-14-12-16-40(33(38)6)48-44(51)43-20-18-35-31-50(24-22-42(35)47-43)26-28-59(53,56-9-3)57-10-4/h11-20,45H,7-10,21-31H2,1-6H3,(H,48,51). The zero-order valence-corrected chi connectivity index (χ0v) is 37.2. The second-order valence-corrected chi connectivity index (χ2v) is 19.2. The van der Waals surface area contributed by atoms with Gasteiger partial charge < -0.3 is 28.7 Å². The van der Waals surface area contributed by atoms with Crippen LogP contribution >= 0.6 is 15.2 Å². The number of anilines is 2. The van der Waals surface area contributed by atoms with Crippen molar-refractivity contribution in [2.45, 2.75) is 74.0 Å². The molecule has 0 saturated carbocycles. The molecule has 0 radical (unpaired) electrons. The van der Waals surface area contributed by atoms with E-state index in [-0.39, 0.29) is 5.91 Å². The number of nitrogens with zero attached hydrogens (tertiary/aromatic N) is 4. The van der Waals surface area contributed by atoms with E-state index in [1.807, 2.05) is 52.8 Å². The number of amides is 1. The van der Waals surface area contributed by atoms with Gasteiger partial charge in [0.25, 0.3) is 5.91 Å². The summed E-state index contributed by atoms with van der Waals surface area (Å²) in [7, 11) is -6.19. The summed E-state index contributed by atoms with van der Waals surface area (Å²) in [5.41, 5.74) is 11.6. The molecule has 2 aromatic heterocycles. The number of benzene rings is 2. The molecule has 2 N–H and O–H groups in total. The van der Waals surface area contributed by atoms with Gasteiger partial charge in [-0.05, 0) is 99.2 Å². The summed E-state index contributed by atoms with van der Waals surface area (Å²) >= 11 is 0. The zero-order valence-electron chi connectivity index (χ0n) is 35.4. The van der Waals surface area contributed by atoms with Crippen LogP contribution in [0, 0.1) is 13.8 Å². The van der Waals surface area contributed by atoms with Gasteiger partial charge in [-0.15, -0.1) is 0 Å². The van der Waals surface area contributed by atoms with Crippen molar-refractivity contribution in [3.63, 3.8) is 0 Å². The molecule has 2 aliphatic heterocycles. The van der Waals surface area contributed by atoms with Crippen molar-refractivity contribution >= 4 is 32.5 Å². The van der Waals surface area contributed by atoms with Crippen LogP contribution in [0.5, 0.6) is 0 Å². The molecule has 0 aliphatic carbocycles. The predicted molar refractivity (Wildman–Crippen MR) is 235 cm³/mol. The molecular formula is C44H60N6O7P2. The van der Waals surface area contributed by atoms with E-state index in [0.717, 1.165) is 82.3 Å². The van der Waals surface area contributed by atoms with Gasteiger partial charge >= 0.3 is 15.2 Å². The molecule has 0 saturated heterocycles. The first kappa shape index (κ1) is 44.8. The minimum Gasteiger partial charge on any atom is -0.379 e. The van der Waals surface area contributed by atoms with Crippen LogP contribution in [0.15, 0.2) is 60.7 Å². The van der Waals surface area contributed by atoms with Gasteiger partial charge in [0.2, 0.25) is 0 Å². The minimum absolute atomic E-state index is 0.254. The van der Waals surface area contributed by atoms with E-state index in [0.29, 0.717) is 77.0 Å². The van der Waals surface area contributed by atoms with E-state index in [4.69, 9.17) is 28.1 Å². The highest BCUT2D eigenvalue weighted by atomic mass is 31.2. The number of fused-ring (bicyclic) bond motifs is 2. The lowest BCUT2D eigenvalue weighted by Gasteiger charge is -2.29. The first-order chi connectivity index (χ1) is 28.5. The van der Waals surface area contributed by atoms with Crippen LogP contribution in [-0.4, -0.2) is 90.6 Å². The molecule has 4 aromatic rings. The number of nitrogens with one attached hydrogen (secondary N) is 2. The van der Waals surface area contributed by atoms with E-state index in [9.17, 15) is 13.9 Å². The molecule has 0 atom stereocenters. The zero-order chi connectivity index (χ0) is 42.0. The summed E-state index contributed by atoms with van der Waals surface area (Å²) in [5, 5.41) is 6.74. The van der Waals surface area contributed by atoms with Gasteiger partial charge in [0.05, 0.1) is 51.0 Å². The lowest BCUT2D eigenvalue weighted by atomic mass is 9.94. The van der Waals surface area contributed by atoms with Gasteiger partial charge in [-0.3, -0.25) is 28.7 Å². The van der Waals surface area contributed by atoms with Crippen molar-refractivity contribution in [1.82, 2.24) is 19.8 Å². The molecule has 4 heterocycles. The summed E-state index contributed by atoms with van der Waals surface area (Å²) in [4.78, 5) is 27.9. The smallest absolute Gasteiger partial charge is 0.331 e. The highest BCUT2D eigenvalue weighted by Gasteiger charge is 2.28. The maximum absolute atomic E-state index is 13.6. The van der Waals surface area contributed by atoms with Gasteiger partial charge in [-0.1, -0.05) is 36.4 Å². The van der Waals surface area contributed by atoms with E-state index < -0.39 is 15.2 Å². The van der Waals surface area contributed by atoms with Crippen molar-refractivity contribution in [2.75, 3.05) is 75.6 Å². The third kappa shape index (κ3) is 11.5. The average molecular weight is 847 g/mol. The van der Waals surface area contributed by atoms with Gasteiger partial charge in [-0.25, -0.2) is 4.98 Å². The SMILES string of the molecule is CCOP(=O)(CCN1CCc2nc(CNc3cccc(-c4cccc(NC(=O)c5ccc6c(n5)CCN(CCP(=O)(OCC)OCC)C6)c4C)c3C)ccc2C1)OCC. The molecule has 318 valence electrons. The average Bonchev–Trinajstić information content (AvgIpc) is 3.23. The number of hydrogen-bond donors (Lipinski definition) is 2. The van der Waals surface area contributed by atoms with Crippen molar-refractivity contribution < 1.29 is 32.0 Å². The van der Waals surface area contributed by atoms with Crippen LogP contribution < -0.4 is 10.6 Å². The van der Waals surface area contributed by atoms with Crippen LogP contribution in [0.3, 0.4) is 0 Å². The molecule has 6 rings (SSSR count). The number of carbonyl (C=O) groups is 1. The normalized spacial score (nSPS) is 14.8. The van der Waals surface area contributed by atoms with Gasteiger partial charge in [-0.2, -0.15) is 0 Å².